The van der Waals surface area contributed by atoms with Crippen molar-refractivity contribution in [2.75, 3.05) is 0 Å². The quantitative estimate of drug-likeness (QED) is 0.389. The molecular formula is C24H15NO2S. The van der Waals surface area contributed by atoms with Gasteiger partial charge in [-0.2, -0.15) is 11.3 Å². The highest BCUT2D eigenvalue weighted by Crippen LogP contribution is 2.37. The van der Waals surface area contributed by atoms with Gasteiger partial charge in [-0.1, -0.05) is 48.5 Å². The van der Waals surface area contributed by atoms with Crippen molar-refractivity contribution >= 4 is 39.0 Å². The first-order chi connectivity index (χ1) is 13.7. The van der Waals surface area contributed by atoms with Gasteiger partial charge >= 0.3 is 5.97 Å². The van der Waals surface area contributed by atoms with Crippen molar-refractivity contribution in [1.29, 1.82) is 0 Å². The van der Waals surface area contributed by atoms with E-state index in [4.69, 9.17) is 0 Å². The fourth-order valence-corrected chi connectivity index (χ4v) is 4.28. The Balaban J connectivity index is 1.89. The molecule has 0 atom stereocenters. The average Bonchev–Trinajstić information content (AvgIpc) is 3.27. The second-order valence-corrected chi connectivity index (χ2v) is 7.42. The highest BCUT2D eigenvalue weighted by Gasteiger charge is 2.14. The number of hydrogen-bond acceptors (Lipinski definition) is 3. The molecule has 0 saturated carbocycles. The van der Waals surface area contributed by atoms with E-state index in [-0.39, 0.29) is 5.69 Å². The van der Waals surface area contributed by atoms with Crippen LogP contribution < -0.4 is 0 Å². The van der Waals surface area contributed by atoms with E-state index in [1.165, 1.54) is 0 Å². The molecule has 1 N–H and O–H groups in total. The van der Waals surface area contributed by atoms with Crippen LogP contribution >= 0.6 is 11.3 Å². The highest BCUT2D eigenvalue weighted by atomic mass is 32.1. The van der Waals surface area contributed by atoms with Gasteiger partial charge in [0.15, 0.2) is 0 Å². The van der Waals surface area contributed by atoms with Crippen molar-refractivity contribution in [1.82, 2.24) is 4.98 Å². The van der Waals surface area contributed by atoms with Crippen LogP contribution in [-0.2, 0) is 0 Å². The van der Waals surface area contributed by atoms with E-state index in [1.807, 2.05) is 24.3 Å². The highest BCUT2D eigenvalue weighted by molar-refractivity contribution is 7.08. The van der Waals surface area contributed by atoms with Crippen molar-refractivity contribution in [2.45, 2.75) is 0 Å². The molecule has 28 heavy (non-hydrogen) atoms. The lowest BCUT2D eigenvalue weighted by Crippen LogP contribution is -2.00. The van der Waals surface area contributed by atoms with Crippen LogP contribution in [0.2, 0.25) is 0 Å². The van der Waals surface area contributed by atoms with Crippen LogP contribution in [0, 0.1) is 0 Å². The molecule has 0 aliphatic rings. The maximum Gasteiger partial charge on any atom is 0.354 e. The number of rotatable bonds is 3. The van der Waals surface area contributed by atoms with Crippen LogP contribution in [0.4, 0.5) is 0 Å². The Morgan fingerprint density at radius 1 is 0.821 bits per heavy atom. The Morgan fingerprint density at radius 3 is 2.50 bits per heavy atom. The molecule has 0 saturated heterocycles. The molecule has 0 amide bonds. The zero-order valence-electron chi connectivity index (χ0n) is 14.8. The van der Waals surface area contributed by atoms with E-state index in [0.29, 0.717) is 5.52 Å². The number of benzene rings is 3. The molecule has 0 spiro atoms. The summed E-state index contributed by atoms with van der Waals surface area (Å²) in [6, 6.07) is 24.1. The molecule has 0 unspecified atom stereocenters. The van der Waals surface area contributed by atoms with Gasteiger partial charge in [-0.3, -0.25) is 0 Å². The Labute approximate surface area is 165 Å². The molecule has 0 aliphatic carbocycles. The number of nitrogens with zero attached hydrogens (tertiary/aromatic N) is 1. The Bertz CT molecular complexity index is 1330. The lowest BCUT2D eigenvalue weighted by Gasteiger charge is -2.12. The standard InChI is InChI=1S/C24H15NO2S/c26-24(27)22-9-8-16-12-18(17-10-11-28-14-17)13-21(23(16)25-22)20-7-3-5-15-4-1-2-6-19(15)20/h1-14H,(H,26,27). The van der Waals surface area contributed by atoms with Gasteiger partial charge in [-0.05, 0) is 62.5 Å². The van der Waals surface area contributed by atoms with Crippen LogP contribution in [0.1, 0.15) is 10.5 Å². The van der Waals surface area contributed by atoms with Gasteiger partial charge in [0.25, 0.3) is 0 Å². The molecule has 0 radical (unpaired) electrons. The lowest BCUT2D eigenvalue weighted by atomic mass is 9.93. The first-order valence-corrected chi connectivity index (χ1v) is 9.84. The molecule has 4 heteroatoms. The van der Waals surface area contributed by atoms with Gasteiger partial charge in [0.05, 0.1) is 5.52 Å². The Morgan fingerprint density at radius 2 is 1.68 bits per heavy atom. The normalized spacial score (nSPS) is 11.1. The molecule has 5 aromatic rings. The second kappa shape index (κ2) is 6.59. The van der Waals surface area contributed by atoms with E-state index in [9.17, 15) is 9.90 Å². The molecule has 3 aromatic carbocycles. The van der Waals surface area contributed by atoms with Crippen LogP contribution in [0.5, 0.6) is 0 Å². The van der Waals surface area contributed by atoms with Crippen molar-refractivity contribution in [3.8, 4) is 22.3 Å². The average molecular weight is 381 g/mol. The topological polar surface area (TPSA) is 50.2 Å². The second-order valence-electron chi connectivity index (χ2n) is 6.64. The van der Waals surface area contributed by atoms with Crippen LogP contribution in [0.25, 0.3) is 43.9 Å². The van der Waals surface area contributed by atoms with Crippen molar-refractivity contribution in [3.05, 3.63) is 89.3 Å². The van der Waals surface area contributed by atoms with Gasteiger partial charge < -0.3 is 5.11 Å². The summed E-state index contributed by atoms with van der Waals surface area (Å²) < 4.78 is 0. The third-order valence-electron chi connectivity index (χ3n) is 4.95. The zero-order valence-corrected chi connectivity index (χ0v) is 15.6. The predicted octanol–water partition coefficient (Wildman–Crippen LogP) is 6.48. The van der Waals surface area contributed by atoms with E-state index < -0.39 is 5.97 Å². The number of fused-ring (bicyclic) bond motifs is 2. The first kappa shape index (κ1) is 16.7. The Hall–Kier alpha value is -3.50. The molecule has 3 nitrogen and oxygen atoms in total. The smallest absolute Gasteiger partial charge is 0.354 e. The summed E-state index contributed by atoms with van der Waals surface area (Å²) in [4.78, 5) is 16.0. The summed E-state index contributed by atoms with van der Waals surface area (Å²) in [5.41, 5.74) is 5.00. The molecule has 2 aromatic heterocycles. The number of aromatic carboxylic acids is 1. The summed E-state index contributed by atoms with van der Waals surface area (Å²) >= 11 is 1.66. The summed E-state index contributed by atoms with van der Waals surface area (Å²) in [5.74, 6) is -1.02. The van der Waals surface area contributed by atoms with E-state index in [2.05, 4.69) is 58.2 Å². The molecule has 0 bridgehead atoms. The van der Waals surface area contributed by atoms with E-state index >= 15 is 0 Å². The van der Waals surface area contributed by atoms with Gasteiger partial charge in [-0.25, -0.2) is 9.78 Å². The number of hydrogen-bond donors (Lipinski definition) is 1. The number of carbonyl (C=O) groups is 1. The van der Waals surface area contributed by atoms with Crippen molar-refractivity contribution in [2.24, 2.45) is 0 Å². The zero-order chi connectivity index (χ0) is 19.1. The van der Waals surface area contributed by atoms with Gasteiger partial charge in [0, 0.05) is 10.9 Å². The van der Waals surface area contributed by atoms with Gasteiger partial charge in [-0.15, -0.1) is 0 Å². The summed E-state index contributed by atoms with van der Waals surface area (Å²) in [7, 11) is 0. The predicted molar refractivity (Wildman–Crippen MR) is 115 cm³/mol. The van der Waals surface area contributed by atoms with E-state index in [0.717, 1.165) is 38.4 Å². The maximum absolute atomic E-state index is 11.5. The Kier molecular flexibility index (Phi) is 3.92. The largest absolute Gasteiger partial charge is 0.477 e. The van der Waals surface area contributed by atoms with Crippen molar-refractivity contribution < 1.29 is 9.90 Å². The maximum atomic E-state index is 11.5. The van der Waals surface area contributed by atoms with Crippen LogP contribution in [-0.4, -0.2) is 16.1 Å². The summed E-state index contributed by atoms with van der Waals surface area (Å²) in [6.07, 6.45) is 0. The minimum atomic E-state index is -1.02. The van der Waals surface area contributed by atoms with Gasteiger partial charge in [0.2, 0.25) is 0 Å². The molecular weight excluding hydrogens is 366 g/mol. The number of aromatic nitrogens is 1. The van der Waals surface area contributed by atoms with E-state index in [1.54, 1.807) is 17.4 Å². The molecule has 0 fully saturated rings. The SMILES string of the molecule is O=C(O)c1ccc2cc(-c3ccsc3)cc(-c3cccc4ccccc34)c2n1. The first-order valence-electron chi connectivity index (χ1n) is 8.89. The molecule has 134 valence electrons. The monoisotopic (exact) mass is 381 g/mol. The lowest BCUT2D eigenvalue weighted by molar-refractivity contribution is 0.0691. The fourth-order valence-electron chi connectivity index (χ4n) is 3.62. The minimum Gasteiger partial charge on any atom is -0.477 e. The summed E-state index contributed by atoms with van der Waals surface area (Å²) in [5, 5.41) is 16.8. The summed E-state index contributed by atoms with van der Waals surface area (Å²) in [6.45, 7) is 0. The van der Waals surface area contributed by atoms with Gasteiger partial charge in [0.1, 0.15) is 5.69 Å². The number of thiophene rings is 1. The molecule has 5 rings (SSSR count). The fraction of sp³-hybridized carbons (Fsp3) is 0. The number of carboxylic acids is 1. The molecule has 0 aliphatic heterocycles. The minimum absolute atomic E-state index is 0.0530. The third kappa shape index (κ3) is 2.75. The van der Waals surface area contributed by atoms with Crippen molar-refractivity contribution in [3.63, 3.8) is 0 Å². The number of carboxylic acid groups (broad SMARTS) is 1. The van der Waals surface area contributed by atoms with Crippen LogP contribution in [0.15, 0.2) is 83.6 Å². The molecule has 2 heterocycles. The number of pyridine rings is 1. The van der Waals surface area contributed by atoms with Crippen LogP contribution in [0.3, 0.4) is 0 Å². The third-order valence-corrected chi connectivity index (χ3v) is 5.63.